The van der Waals surface area contributed by atoms with Gasteiger partial charge in [0.25, 0.3) is 0 Å². The molecule has 4 nitrogen and oxygen atoms in total. The fraction of sp³-hybridized carbons (Fsp3) is 0.500. The Morgan fingerprint density at radius 2 is 1.86 bits per heavy atom. The van der Waals surface area contributed by atoms with Gasteiger partial charge >= 0.3 is 0 Å². The van der Waals surface area contributed by atoms with E-state index in [0.717, 1.165) is 50.7 Å². The van der Waals surface area contributed by atoms with Crippen LogP contribution in [0.2, 0.25) is 0 Å². The SMILES string of the molecule is C=S(CCc1ccccc1)c1nc(N2CCOCC2)c2c(c1C)CC(C)(C)OC2. The molecule has 1 aromatic carbocycles. The van der Waals surface area contributed by atoms with Gasteiger partial charge in [0.15, 0.2) is 0 Å². The maximum Gasteiger partial charge on any atom is 0.135 e. The Morgan fingerprint density at radius 1 is 1.14 bits per heavy atom. The third kappa shape index (κ3) is 4.57. The minimum atomic E-state index is -0.143. The van der Waals surface area contributed by atoms with Crippen molar-refractivity contribution >= 4 is 22.2 Å². The lowest BCUT2D eigenvalue weighted by Crippen LogP contribution is -2.39. The molecule has 29 heavy (non-hydrogen) atoms. The lowest BCUT2D eigenvalue weighted by Gasteiger charge is -2.37. The smallest absolute Gasteiger partial charge is 0.135 e. The third-order valence-electron chi connectivity index (χ3n) is 5.89. The van der Waals surface area contributed by atoms with Crippen molar-refractivity contribution in [1.82, 2.24) is 4.98 Å². The van der Waals surface area contributed by atoms with E-state index < -0.39 is 0 Å². The van der Waals surface area contributed by atoms with Crippen molar-refractivity contribution in [2.75, 3.05) is 37.0 Å². The minimum absolute atomic E-state index is 0.136. The van der Waals surface area contributed by atoms with Crippen molar-refractivity contribution < 1.29 is 9.47 Å². The highest BCUT2D eigenvalue weighted by Crippen LogP contribution is 2.40. The summed E-state index contributed by atoms with van der Waals surface area (Å²) in [7, 11) is -0.143. The molecule has 0 aliphatic carbocycles. The van der Waals surface area contributed by atoms with Crippen molar-refractivity contribution in [3.63, 3.8) is 0 Å². The number of rotatable bonds is 5. The second-order valence-corrected chi connectivity index (χ2v) is 10.4. The van der Waals surface area contributed by atoms with Crippen LogP contribution in [0.1, 0.15) is 36.1 Å². The average molecular weight is 413 g/mol. The monoisotopic (exact) mass is 412 g/mol. The second-order valence-electron chi connectivity index (χ2n) is 8.58. The van der Waals surface area contributed by atoms with E-state index in [9.17, 15) is 0 Å². The molecular formula is C24H32N2O2S. The van der Waals surface area contributed by atoms with Crippen LogP contribution in [-0.2, 0) is 28.9 Å². The molecule has 5 heteroatoms. The number of anilines is 1. The number of benzene rings is 1. The number of ether oxygens (including phenoxy) is 2. The summed E-state index contributed by atoms with van der Waals surface area (Å²) in [6.07, 6.45) is 1.96. The van der Waals surface area contributed by atoms with Crippen LogP contribution in [0.5, 0.6) is 0 Å². The van der Waals surface area contributed by atoms with E-state index in [1.165, 1.54) is 27.3 Å². The van der Waals surface area contributed by atoms with E-state index in [0.29, 0.717) is 6.61 Å². The first kappa shape index (κ1) is 20.6. The maximum atomic E-state index is 6.17. The third-order valence-corrected chi connectivity index (χ3v) is 7.53. The summed E-state index contributed by atoms with van der Waals surface area (Å²) in [5.74, 6) is 6.67. The number of aryl methyl sites for hydroxylation is 1. The van der Waals surface area contributed by atoms with E-state index in [1.807, 2.05) is 0 Å². The van der Waals surface area contributed by atoms with Gasteiger partial charge in [-0.2, -0.15) is 0 Å². The van der Waals surface area contributed by atoms with Crippen molar-refractivity contribution in [3.05, 3.63) is 52.6 Å². The van der Waals surface area contributed by atoms with Gasteiger partial charge < -0.3 is 14.4 Å². The average Bonchev–Trinajstić information content (AvgIpc) is 2.73. The summed E-state index contributed by atoms with van der Waals surface area (Å²) in [5, 5.41) is 1.18. The molecule has 0 N–H and O–H groups in total. The molecule has 1 saturated heterocycles. The lowest BCUT2D eigenvalue weighted by molar-refractivity contribution is -0.0404. The molecule has 1 atom stereocenters. The summed E-state index contributed by atoms with van der Waals surface area (Å²) in [6, 6.07) is 10.7. The van der Waals surface area contributed by atoms with Crippen LogP contribution in [0.15, 0.2) is 35.4 Å². The summed E-state index contributed by atoms with van der Waals surface area (Å²) in [6.45, 7) is 10.5. The standard InChI is InChI=1S/C24H32N2O2S/c1-18-20-16-24(2,3)28-17-21(20)22(26-11-13-27-14-12-26)25-23(18)29(4)15-10-19-8-6-5-7-9-19/h5-9H,4,10-17H2,1-3H3. The van der Waals surface area contributed by atoms with Crippen molar-refractivity contribution in [2.24, 2.45) is 0 Å². The van der Waals surface area contributed by atoms with Gasteiger partial charge in [0.1, 0.15) is 5.82 Å². The highest BCUT2D eigenvalue weighted by molar-refractivity contribution is 8.14. The van der Waals surface area contributed by atoms with Gasteiger partial charge in [-0.3, -0.25) is 0 Å². The van der Waals surface area contributed by atoms with E-state index in [4.69, 9.17) is 14.5 Å². The van der Waals surface area contributed by atoms with Gasteiger partial charge in [0.05, 0.1) is 30.4 Å². The maximum absolute atomic E-state index is 6.17. The summed E-state index contributed by atoms with van der Waals surface area (Å²) >= 11 is 0. The Bertz CT molecular complexity index is 889. The number of hydrogen-bond donors (Lipinski definition) is 0. The fourth-order valence-corrected chi connectivity index (χ4v) is 5.62. The highest BCUT2D eigenvalue weighted by atomic mass is 32.2. The van der Waals surface area contributed by atoms with E-state index in [2.05, 4.69) is 61.9 Å². The summed E-state index contributed by atoms with van der Waals surface area (Å²) in [5.41, 5.74) is 5.25. The molecule has 156 valence electrons. The van der Waals surface area contributed by atoms with E-state index >= 15 is 0 Å². The highest BCUT2D eigenvalue weighted by Gasteiger charge is 2.32. The zero-order valence-electron chi connectivity index (χ0n) is 17.9. The van der Waals surface area contributed by atoms with Gasteiger partial charge in [-0.1, -0.05) is 36.2 Å². The van der Waals surface area contributed by atoms with Crippen LogP contribution in [-0.4, -0.2) is 48.5 Å². The molecular weight excluding hydrogens is 380 g/mol. The van der Waals surface area contributed by atoms with Crippen LogP contribution in [0.3, 0.4) is 0 Å². The Labute approximate surface area is 177 Å². The molecule has 2 aliphatic heterocycles. The molecule has 1 fully saturated rings. The Morgan fingerprint density at radius 3 is 2.59 bits per heavy atom. The van der Waals surface area contributed by atoms with Crippen molar-refractivity contribution in [2.45, 2.75) is 50.8 Å². The first-order chi connectivity index (χ1) is 13.9. The van der Waals surface area contributed by atoms with Crippen molar-refractivity contribution in [1.29, 1.82) is 0 Å². The normalized spacial score (nSPS) is 19.6. The Hall–Kier alpha value is -1.69. The molecule has 4 rings (SSSR count). The fourth-order valence-electron chi connectivity index (χ4n) is 4.17. The van der Waals surface area contributed by atoms with Crippen LogP contribution in [0.25, 0.3) is 0 Å². The number of hydrogen-bond acceptors (Lipinski definition) is 4. The van der Waals surface area contributed by atoms with Crippen LogP contribution in [0, 0.1) is 6.92 Å². The molecule has 0 radical (unpaired) electrons. The predicted octanol–water partition coefficient (Wildman–Crippen LogP) is 4.38. The quantitative estimate of drug-likeness (QED) is 0.683. The number of fused-ring (bicyclic) bond motifs is 1. The van der Waals surface area contributed by atoms with Crippen molar-refractivity contribution in [3.8, 4) is 0 Å². The Kier molecular flexibility index (Phi) is 6.09. The van der Waals surface area contributed by atoms with Crippen LogP contribution < -0.4 is 4.90 Å². The lowest BCUT2D eigenvalue weighted by atomic mass is 9.89. The number of morpholine rings is 1. The zero-order chi connectivity index (χ0) is 20.4. The summed E-state index contributed by atoms with van der Waals surface area (Å²) < 4.78 is 11.7. The molecule has 3 heterocycles. The molecule has 1 unspecified atom stereocenters. The molecule has 0 amide bonds. The van der Waals surface area contributed by atoms with Crippen LogP contribution in [0.4, 0.5) is 5.82 Å². The molecule has 0 saturated carbocycles. The molecule has 0 spiro atoms. The zero-order valence-corrected chi connectivity index (χ0v) is 18.7. The predicted molar refractivity (Wildman–Crippen MR) is 123 cm³/mol. The minimum Gasteiger partial charge on any atom is -0.378 e. The molecule has 2 aliphatic rings. The van der Waals surface area contributed by atoms with E-state index in [1.54, 1.807) is 0 Å². The largest absolute Gasteiger partial charge is 0.378 e. The first-order valence-corrected chi connectivity index (χ1v) is 12.0. The topological polar surface area (TPSA) is 34.6 Å². The number of nitrogens with zero attached hydrogens (tertiary/aromatic N) is 2. The van der Waals surface area contributed by atoms with Gasteiger partial charge in [-0.15, -0.1) is 10.5 Å². The van der Waals surface area contributed by atoms with E-state index in [-0.39, 0.29) is 16.1 Å². The molecule has 0 bridgehead atoms. The second kappa shape index (κ2) is 8.58. The number of pyridine rings is 1. The van der Waals surface area contributed by atoms with Gasteiger partial charge in [0, 0.05) is 25.1 Å². The van der Waals surface area contributed by atoms with Gasteiger partial charge in [-0.25, -0.2) is 4.98 Å². The van der Waals surface area contributed by atoms with Crippen LogP contribution >= 0.6 is 10.5 Å². The van der Waals surface area contributed by atoms with Gasteiger partial charge in [0.2, 0.25) is 0 Å². The van der Waals surface area contributed by atoms with Gasteiger partial charge in [-0.05, 0) is 49.6 Å². The molecule has 1 aromatic heterocycles. The Balaban J connectivity index is 1.68. The first-order valence-electron chi connectivity index (χ1n) is 10.5. The molecule has 2 aromatic rings. The number of aromatic nitrogens is 1. The summed E-state index contributed by atoms with van der Waals surface area (Å²) in [4.78, 5) is 7.59.